The molecule has 108 valence electrons. The summed E-state index contributed by atoms with van der Waals surface area (Å²) in [4.78, 5) is 11.8. The summed E-state index contributed by atoms with van der Waals surface area (Å²) in [6.07, 6.45) is 0. The molecule has 1 unspecified atom stereocenters. The number of amides is 1. The van der Waals surface area contributed by atoms with Crippen LogP contribution in [0.2, 0.25) is 0 Å². The van der Waals surface area contributed by atoms with E-state index in [4.69, 9.17) is 15.2 Å². The fourth-order valence-corrected chi connectivity index (χ4v) is 2.23. The number of aryl methyl sites for hydroxylation is 1. The molecule has 2 aromatic rings. The number of carbonyl (C=O) groups excluding carboxylic acids is 1. The van der Waals surface area contributed by atoms with Gasteiger partial charge in [0.1, 0.15) is 6.04 Å². The van der Waals surface area contributed by atoms with Crippen molar-refractivity contribution in [3.63, 3.8) is 0 Å². The van der Waals surface area contributed by atoms with Gasteiger partial charge in [0.15, 0.2) is 11.5 Å². The second kappa shape index (κ2) is 5.36. The topological polar surface area (TPSA) is 73.6 Å². The number of hydrogen-bond donors (Lipinski definition) is 2. The van der Waals surface area contributed by atoms with Crippen molar-refractivity contribution in [2.24, 2.45) is 5.73 Å². The molecule has 0 aliphatic carbocycles. The number of nitrogens with one attached hydrogen (secondary N) is 1. The predicted molar refractivity (Wildman–Crippen MR) is 79.3 cm³/mol. The molecule has 1 atom stereocenters. The molecule has 0 saturated carbocycles. The van der Waals surface area contributed by atoms with Crippen molar-refractivity contribution >= 4 is 11.6 Å². The van der Waals surface area contributed by atoms with Crippen molar-refractivity contribution in [3.05, 3.63) is 53.6 Å². The number of ether oxygens (including phenoxy) is 2. The van der Waals surface area contributed by atoms with Gasteiger partial charge in [-0.3, -0.25) is 4.79 Å². The maximum atomic E-state index is 11.8. The third kappa shape index (κ3) is 2.76. The SMILES string of the molecule is Cc1ccc(NC(C(N)=O)c2ccc3c(c2)OCO3)cc1. The smallest absolute Gasteiger partial charge is 0.244 e. The van der Waals surface area contributed by atoms with E-state index in [1.54, 1.807) is 12.1 Å². The Morgan fingerprint density at radius 2 is 1.86 bits per heavy atom. The summed E-state index contributed by atoms with van der Waals surface area (Å²) in [5.41, 5.74) is 8.25. The monoisotopic (exact) mass is 284 g/mol. The highest BCUT2D eigenvalue weighted by atomic mass is 16.7. The molecule has 1 heterocycles. The Labute approximate surface area is 122 Å². The number of benzene rings is 2. The van der Waals surface area contributed by atoms with Crippen molar-refractivity contribution < 1.29 is 14.3 Å². The highest BCUT2D eigenvalue weighted by Crippen LogP contribution is 2.34. The number of hydrogen-bond acceptors (Lipinski definition) is 4. The second-order valence-electron chi connectivity index (χ2n) is 4.96. The Morgan fingerprint density at radius 1 is 1.14 bits per heavy atom. The first-order valence-corrected chi connectivity index (χ1v) is 6.65. The molecule has 21 heavy (non-hydrogen) atoms. The molecule has 0 spiro atoms. The van der Waals surface area contributed by atoms with Crippen LogP contribution in [-0.4, -0.2) is 12.7 Å². The van der Waals surface area contributed by atoms with Gasteiger partial charge < -0.3 is 20.5 Å². The Kier molecular flexibility index (Phi) is 3.39. The first kappa shape index (κ1) is 13.3. The molecule has 3 N–H and O–H groups in total. The van der Waals surface area contributed by atoms with Crippen LogP contribution in [0.5, 0.6) is 11.5 Å². The van der Waals surface area contributed by atoms with Crippen molar-refractivity contribution in [2.75, 3.05) is 12.1 Å². The normalized spacial score (nSPS) is 13.8. The lowest BCUT2D eigenvalue weighted by Gasteiger charge is -2.17. The number of carbonyl (C=O) groups is 1. The number of anilines is 1. The van der Waals surface area contributed by atoms with Gasteiger partial charge in [0, 0.05) is 5.69 Å². The number of fused-ring (bicyclic) bond motifs is 1. The summed E-state index contributed by atoms with van der Waals surface area (Å²) in [6, 6.07) is 12.5. The minimum absolute atomic E-state index is 0.200. The lowest BCUT2D eigenvalue weighted by atomic mass is 10.0. The number of nitrogens with two attached hydrogens (primary N) is 1. The van der Waals surface area contributed by atoms with Crippen LogP contribution in [0.25, 0.3) is 0 Å². The van der Waals surface area contributed by atoms with E-state index in [0.717, 1.165) is 16.8 Å². The van der Waals surface area contributed by atoms with E-state index in [-0.39, 0.29) is 6.79 Å². The Bertz CT molecular complexity index is 668. The van der Waals surface area contributed by atoms with E-state index in [1.807, 2.05) is 37.3 Å². The van der Waals surface area contributed by atoms with Crippen LogP contribution in [0.1, 0.15) is 17.2 Å². The minimum Gasteiger partial charge on any atom is -0.454 e. The molecule has 0 saturated heterocycles. The minimum atomic E-state index is -0.623. The van der Waals surface area contributed by atoms with Gasteiger partial charge in [-0.2, -0.15) is 0 Å². The number of rotatable bonds is 4. The molecular formula is C16H16N2O3. The highest BCUT2D eigenvalue weighted by Gasteiger charge is 2.21. The lowest BCUT2D eigenvalue weighted by Crippen LogP contribution is -2.27. The summed E-state index contributed by atoms with van der Waals surface area (Å²) in [6.45, 7) is 2.21. The zero-order chi connectivity index (χ0) is 14.8. The van der Waals surface area contributed by atoms with Crippen molar-refractivity contribution in [2.45, 2.75) is 13.0 Å². The summed E-state index contributed by atoms with van der Waals surface area (Å²) >= 11 is 0. The first-order chi connectivity index (χ1) is 10.1. The zero-order valence-electron chi connectivity index (χ0n) is 11.6. The summed E-state index contributed by atoms with van der Waals surface area (Å²) < 4.78 is 10.6. The van der Waals surface area contributed by atoms with E-state index < -0.39 is 11.9 Å². The van der Waals surface area contributed by atoms with Crippen LogP contribution in [0, 0.1) is 6.92 Å². The molecule has 1 aliphatic rings. The largest absolute Gasteiger partial charge is 0.454 e. The Hall–Kier alpha value is -2.69. The first-order valence-electron chi connectivity index (χ1n) is 6.65. The molecule has 5 heteroatoms. The van der Waals surface area contributed by atoms with E-state index >= 15 is 0 Å². The van der Waals surface area contributed by atoms with Crippen LogP contribution in [-0.2, 0) is 4.79 Å². The van der Waals surface area contributed by atoms with Crippen molar-refractivity contribution in [3.8, 4) is 11.5 Å². The molecule has 0 radical (unpaired) electrons. The summed E-state index contributed by atoms with van der Waals surface area (Å²) in [5.74, 6) is 0.858. The van der Waals surface area contributed by atoms with Gasteiger partial charge in [0.25, 0.3) is 0 Å². The van der Waals surface area contributed by atoms with Crippen molar-refractivity contribution in [1.82, 2.24) is 0 Å². The van der Waals surface area contributed by atoms with E-state index in [2.05, 4.69) is 5.32 Å². The quantitative estimate of drug-likeness (QED) is 0.904. The van der Waals surface area contributed by atoms with Crippen LogP contribution in [0.4, 0.5) is 5.69 Å². The Morgan fingerprint density at radius 3 is 2.57 bits per heavy atom. The van der Waals surface area contributed by atoms with E-state index in [0.29, 0.717) is 11.5 Å². The fourth-order valence-electron chi connectivity index (χ4n) is 2.23. The maximum Gasteiger partial charge on any atom is 0.244 e. The molecule has 5 nitrogen and oxygen atoms in total. The third-order valence-corrected chi connectivity index (χ3v) is 3.38. The molecule has 1 amide bonds. The van der Waals surface area contributed by atoms with Gasteiger partial charge in [0.2, 0.25) is 12.7 Å². The van der Waals surface area contributed by atoms with E-state index in [9.17, 15) is 4.79 Å². The highest BCUT2D eigenvalue weighted by molar-refractivity contribution is 5.84. The maximum absolute atomic E-state index is 11.8. The molecule has 0 fully saturated rings. The second-order valence-corrected chi connectivity index (χ2v) is 4.96. The third-order valence-electron chi connectivity index (χ3n) is 3.38. The van der Waals surface area contributed by atoms with Crippen LogP contribution in [0.3, 0.4) is 0 Å². The zero-order valence-corrected chi connectivity index (χ0v) is 11.6. The molecular weight excluding hydrogens is 268 g/mol. The molecule has 2 aromatic carbocycles. The molecule has 0 aromatic heterocycles. The summed E-state index contributed by atoms with van der Waals surface area (Å²) in [7, 11) is 0. The van der Waals surface area contributed by atoms with Gasteiger partial charge in [-0.15, -0.1) is 0 Å². The van der Waals surface area contributed by atoms with Gasteiger partial charge in [0.05, 0.1) is 0 Å². The van der Waals surface area contributed by atoms with E-state index in [1.165, 1.54) is 0 Å². The lowest BCUT2D eigenvalue weighted by molar-refractivity contribution is -0.118. The number of primary amides is 1. The van der Waals surface area contributed by atoms with Gasteiger partial charge in [-0.25, -0.2) is 0 Å². The molecule has 0 bridgehead atoms. The predicted octanol–water partition coefficient (Wildman–Crippen LogP) is 2.36. The fraction of sp³-hybridized carbons (Fsp3) is 0.188. The van der Waals surface area contributed by atoms with Crippen LogP contribution < -0.4 is 20.5 Å². The van der Waals surface area contributed by atoms with Gasteiger partial charge in [-0.1, -0.05) is 23.8 Å². The Balaban J connectivity index is 1.87. The average Bonchev–Trinajstić information content (AvgIpc) is 2.93. The summed E-state index contributed by atoms with van der Waals surface area (Å²) in [5, 5.41) is 3.14. The molecule has 3 rings (SSSR count). The van der Waals surface area contributed by atoms with Gasteiger partial charge >= 0.3 is 0 Å². The molecule has 1 aliphatic heterocycles. The standard InChI is InChI=1S/C16H16N2O3/c1-10-2-5-12(6-3-10)18-15(16(17)19)11-4-7-13-14(8-11)21-9-20-13/h2-8,15,18H,9H2,1H3,(H2,17,19). The average molecular weight is 284 g/mol. The van der Waals surface area contributed by atoms with Crippen molar-refractivity contribution in [1.29, 1.82) is 0 Å². The van der Waals surface area contributed by atoms with Gasteiger partial charge in [-0.05, 0) is 36.8 Å². The van der Waals surface area contributed by atoms with Crippen LogP contribution in [0.15, 0.2) is 42.5 Å². The van der Waals surface area contributed by atoms with Crippen LogP contribution >= 0.6 is 0 Å².